The van der Waals surface area contributed by atoms with E-state index >= 15 is 0 Å². The number of H-pyrrole nitrogens is 1. The summed E-state index contributed by atoms with van der Waals surface area (Å²) in [7, 11) is 1.66. The van der Waals surface area contributed by atoms with Gasteiger partial charge in [-0.3, -0.25) is 4.79 Å². The highest BCUT2D eigenvalue weighted by Crippen LogP contribution is 2.23. The summed E-state index contributed by atoms with van der Waals surface area (Å²) in [5, 5.41) is 4.15. The van der Waals surface area contributed by atoms with Crippen LogP contribution in [0.25, 0.3) is 10.9 Å². The first-order valence-corrected chi connectivity index (χ1v) is 6.84. The molecule has 0 bridgehead atoms. The number of benzene rings is 1. The number of aromatic amines is 1. The first kappa shape index (κ1) is 14.4. The molecule has 0 atom stereocenters. The molecule has 4 heteroatoms. The minimum atomic E-state index is -0.340. The number of nitrogens with one attached hydrogen (secondary N) is 2. The van der Waals surface area contributed by atoms with Crippen molar-refractivity contribution in [2.75, 3.05) is 13.7 Å². The van der Waals surface area contributed by atoms with Crippen molar-refractivity contribution in [3.63, 3.8) is 0 Å². The van der Waals surface area contributed by atoms with Crippen LogP contribution in [0.1, 0.15) is 26.3 Å². The molecule has 2 N–H and O–H groups in total. The summed E-state index contributed by atoms with van der Waals surface area (Å²) < 4.78 is 5.20. The van der Waals surface area contributed by atoms with Crippen molar-refractivity contribution < 1.29 is 9.53 Å². The van der Waals surface area contributed by atoms with Gasteiger partial charge in [-0.2, -0.15) is 0 Å². The number of hydrogen-bond donors (Lipinski definition) is 2. The molecule has 0 aliphatic heterocycles. The monoisotopic (exact) mass is 274 g/mol. The molecule has 0 spiro atoms. The van der Waals surface area contributed by atoms with Crippen molar-refractivity contribution in [1.29, 1.82) is 0 Å². The van der Waals surface area contributed by atoms with Crippen LogP contribution in [0.3, 0.4) is 0 Å². The van der Waals surface area contributed by atoms with Gasteiger partial charge in [0.2, 0.25) is 5.91 Å². The largest absolute Gasteiger partial charge is 0.497 e. The van der Waals surface area contributed by atoms with E-state index in [0.29, 0.717) is 6.54 Å². The number of aromatic nitrogens is 1. The lowest BCUT2D eigenvalue weighted by molar-refractivity contribution is -0.128. The molecule has 1 heterocycles. The summed E-state index contributed by atoms with van der Waals surface area (Å²) >= 11 is 0. The smallest absolute Gasteiger partial charge is 0.225 e. The predicted octanol–water partition coefficient (Wildman–Crippen LogP) is 2.88. The van der Waals surface area contributed by atoms with Crippen LogP contribution in [0.5, 0.6) is 5.75 Å². The van der Waals surface area contributed by atoms with E-state index < -0.39 is 0 Å². The normalized spacial score (nSPS) is 11.6. The molecule has 0 aliphatic carbocycles. The molecule has 1 amide bonds. The Morgan fingerprint density at radius 2 is 2.10 bits per heavy atom. The summed E-state index contributed by atoms with van der Waals surface area (Å²) in [6, 6.07) is 5.98. The van der Waals surface area contributed by atoms with Crippen LogP contribution in [0.2, 0.25) is 0 Å². The maximum atomic E-state index is 11.8. The Morgan fingerprint density at radius 1 is 1.35 bits per heavy atom. The van der Waals surface area contributed by atoms with Crippen molar-refractivity contribution in [3.8, 4) is 5.75 Å². The van der Waals surface area contributed by atoms with Crippen molar-refractivity contribution in [1.82, 2.24) is 10.3 Å². The fourth-order valence-electron chi connectivity index (χ4n) is 2.08. The Morgan fingerprint density at radius 3 is 2.75 bits per heavy atom. The predicted molar refractivity (Wildman–Crippen MR) is 81.0 cm³/mol. The van der Waals surface area contributed by atoms with Crippen LogP contribution in [-0.2, 0) is 11.2 Å². The van der Waals surface area contributed by atoms with Gasteiger partial charge in [0.25, 0.3) is 0 Å². The molecule has 20 heavy (non-hydrogen) atoms. The van der Waals surface area contributed by atoms with Crippen LogP contribution >= 0.6 is 0 Å². The summed E-state index contributed by atoms with van der Waals surface area (Å²) in [6.07, 6.45) is 2.81. The molecular formula is C16H22N2O2. The third-order valence-electron chi connectivity index (χ3n) is 3.34. The van der Waals surface area contributed by atoms with Crippen LogP contribution < -0.4 is 10.1 Å². The van der Waals surface area contributed by atoms with Crippen molar-refractivity contribution in [2.24, 2.45) is 5.41 Å². The number of amides is 1. The van der Waals surface area contributed by atoms with Gasteiger partial charge in [0, 0.05) is 35.1 Å². The van der Waals surface area contributed by atoms with E-state index in [2.05, 4.69) is 10.3 Å². The SMILES string of the molecule is COc1ccc2c(CCNC(=O)C(C)(C)C)c[nH]c2c1. The van der Waals surface area contributed by atoms with Gasteiger partial charge in [-0.25, -0.2) is 0 Å². The van der Waals surface area contributed by atoms with E-state index in [0.717, 1.165) is 17.7 Å². The highest BCUT2D eigenvalue weighted by molar-refractivity contribution is 5.85. The lowest BCUT2D eigenvalue weighted by Crippen LogP contribution is -2.35. The second kappa shape index (κ2) is 5.57. The maximum absolute atomic E-state index is 11.8. The Balaban J connectivity index is 2.02. The van der Waals surface area contributed by atoms with Crippen LogP contribution in [0.15, 0.2) is 24.4 Å². The molecule has 1 aromatic heterocycles. The molecule has 4 nitrogen and oxygen atoms in total. The highest BCUT2D eigenvalue weighted by Gasteiger charge is 2.20. The molecule has 108 valence electrons. The molecule has 0 unspecified atom stereocenters. The summed E-state index contributed by atoms with van der Waals surface area (Å²) in [6.45, 7) is 6.40. The fraction of sp³-hybridized carbons (Fsp3) is 0.438. The minimum Gasteiger partial charge on any atom is -0.497 e. The number of methoxy groups -OCH3 is 1. The molecule has 2 rings (SSSR count). The molecule has 1 aromatic carbocycles. The zero-order chi connectivity index (χ0) is 14.8. The lowest BCUT2D eigenvalue weighted by atomic mass is 9.95. The summed E-state index contributed by atoms with van der Waals surface area (Å²) in [5.74, 6) is 0.922. The van der Waals surface area contributed by atoms with Gasteiger partial charge in [0.15, 0.2) is 0 Å². The molecule has 0 aliphatic rings. The lowest BCUT2D eigenvalue weighted by Gasteiger charge is -2.17. The van der Waals surface area contributed by atoms with Crippen molar-refractivity contribution in [3.05, 3.63) is 30.0 Å². The average Bonchev–Trinajstić information content (AvgIpc) is 2.80. The number of fused-ring (bicyclic) bond motifs is 1. The molecule has 2 aromatic rings. The van der Waals surface area contributed by atoms with Gasteiger partial charge in [-0.15, -0.1) is 0 Å². The van der Waals surface area contributed by atoms with Crippen molar-refractivity contribution >= 4 is 16.8 Å². The van der Waals surface area contributed by atoms with Crippen molar-refractivity contribution in [2.45, 2.75) is 27.2 Å². The quantitative estimate of drug-likeness (QED) is 0.900. The zero-order valence-corrected chi connectivity index (χ0v) is 12.5. The topological polar surface area (TPSA) is 54.1 Å². The van der Waals surface area contributed by atoms with Crippen LogP contribution in [0, 0.1) is 5.41 Å². The van der Waals surface area contributed by atoms with E-state index in [1.807, 2.05) is 45.2 Å². The second-order valence-corrected chi connectivity index (χ2v) is 5.98. The van der Waals surface area contributed by atoms with Gasteiger partial charge in [0.05, 0.1) is 7.11 Å². The Hall–Kier alpha value is -1.97. The number of hydrogen-bond acceptors (Lipinski definition) is 2. The second-order valence-electron chi connectivity index (χ2n) is 5.98. The minimum absolute atomic E-state index is 0.0824. The number of ether oxygens (including phenoxy) is 1. The first-order valence-electron chi connectivity index (χ1n) is 6.84. The summed E-state index contributed by atoms with van der Waals surface area (Å²) in [5.41, 5.74) is 1.92. The molecule has 0 saturated carbocycles. The molecular weight excluding hydrogens is 252 g/mol. The van der Waals surface area contributed by atoms with E-state index in [-0.39, 0.29) is 11.3 Å². The Bertz CT molecular complexity index is 608. The van der Waals surface area contributed by atoms with E-state index in [1.165, 1.54) is 10.9 Å². The third kappa shape index (κ3) is 3.13. The highest BCUT2D eigenvalue weighted by atomic mass is 16.5. The number of rotatable bonds is 4. The van der Waals surface area contributed by atoms with E-state index in [4.69, 9.17) is 4.74 Å². The van der Waals surface area contributed by atoms with Gasteiger partial charge in [0.1, 0.15) is 5.75 Å². The number of carbonyl (C=O) groups excluding carboxylic acids is 1. The Labute approximate surface area is 119 Å². The van der Waals surface area contributed by atoms with Crippen LogP contribution in [0.4, 0.5) is 0 Å². The number of carbonyl (C=O) groups is 1. The van der Waals surface area contributed by atoms with Gasteiger partial charge in [-0.05, 0) is 24.1 Å². The Kier molecular flexibility index (Phi) is 4.02. The van der Waals surface area contributed by atoms with Gasteiger partial charge >= 0.3 is 0 Å². The molecule has 0 radical (unpaired) electrons. The van der Waals surface area contributed by atoms with E-state index in [9.17, 15) is 4.79 Å². The molecule has 0 fully saturated rings. The standard InChI is InChI=1S/C16H22N2O2/c1-16(2,3)15(19)17-8-7-11-10-18-14-9-12(20-4)5-6-13(11)14/h5-6,9-10,18H,7-8H2,1-4H3,(H,17,19). The zero-order valence-electron chi connectivity index (χ0n) is 12.5. The fourth-order valence-corrected chi connectivity index (χ4v) is 2.08. The molecule has 0 saturated heterocycles. The summed E-state index contributed by atoms with van der Waals surface area (Å²) in [4.78, 5) is 15.0. The van der Waals surface area contributed by atoms with Crippen LogP contribution in [-0.4, -0.2) is 24.5 Å². The van der Waals surface area contributed by atoms with Gasteiger partial charge < -0.3 is 15.0 Å². The first-order chi connectivity index (χ1) is 9.41. The maximum Gasteiger partial charge on any atom is 0.225 e. The van der Waals surface area contributed by atoms with E-state index in [1.54, 1.807) is 7.11 Å². The van der Waals surface area contributed by atoms with Gasteiger partial charge in [-0.1, -0.05) is 20.8 Å². The third-order valence-corrected chi connectivity index (χ3v) is 3.34. The average molecular weight is 274 g/mol.